The highest BCUT2D eigenvalue weighted by atomic mass is 35.5. The molecule has 4 rings (SSSR count). The zero-order valence-electron chi connectivity index (χ0n) is 25.2. The number of aliphatic imine (C=N–C) groups is 1. The van der Waals surface area contributed by atoms with Crippen LogP contribution in [0.4, 0.5) is 5.69 Å². The number of nitrogens with zero attached hydrogens (tertiary/aromatic N) is 1. The third-order valence-corrected chi connectivity index (χ3v) is 7.35. The van der Waals surface area contributed by atoms with E-state index in [-0.39, 0.29) is 11.9 Å². The summed E-state index contributed by atoms with van der Waals surface area (Å²) in [6.45, 7) is 5.15. The summed E-state index contributed by atoms with van der Waals surface area (Å²) in [5, 5.41) is 0.671. The van der Waals surface area contributed by atoms with Crippen molar-refractivity contribution in [1.82, 2.24) is 0 Å². The lowest BCUT2D eigenvalue weighted by Crippen LogP contribution is -2.11. The number of carbonyl (C=O) groups excluding carboxylic acids is 2. The van der Waals surface area contributed by atoms with Crippen LogP contribution in [0.3, 0.4) is 0 Å². The predicted molar refractivity (Wildman–Crippen MR) is 176 cm³/mol. The Morgan fingerprint density at radius 1 is 0.795 bits per heavy atom. The molecule has 0 N–H and O–H groups in total. The Morgan fingerprint density at radius 2 is 1.43 bits per heavy atom. The summed E-state index contributed by atoms with van der Waals surface area (Å²) in [6.07, 6.45) is 5.51. The fraction of sp³-hybridized carbons (Fsp3) is 0.270. The Balaban J connectivity index is 1.10. The smallest absolute Gasteiger partial charge is 0.338 e. The lowest BCUT2D eigenvalue weighted by atomic mass is 10.0. The molecule has 0 radical (unpaired) electrons. The highest BCUT2D eigenvalue weighted by Crippen LogP contribution is 2.24. The molecular formula is C37H38ClNO5. The molecule has 0 aliphatic carbocycles. The average Bonchev–Trinajstić information content (AvgIpc) is 3.05. The summed E-state index contributed by atoms with van der Waals surface area (Å²) in [7, 11) is 0. The van der Waals surface area contributed by atoms with Crippen molar-refractivity contribution in [3.63, 3.8) is 0 Å². The molecule has 0 aliphatic rings. The summed E-state index contributed by atoms with van der Waals surface area (Å²) >= 11 is 5.90. The maximum absolute atomic E-state index is 12.2. The molecule has 0 aromatic heterocycles. The van der Waals surface area contributed by atoms with Crippen LogP contribution in [0.1, 0.15) is 61.9 Å². The van der Waals surface area contributed by atoms with E-state index in [2.05, 4.69) is 18.8 Å². The van der Waals surface area contributed by atoms with Crippen molar-refractivity contribution in [2.24, 2.45) is 10.9 Å². The minimum absolute atomic E-state index is 0.250. The van der Waals surface area contributed by atoms with E-state index in [9.17, 15) is 9.59 Å². The first-order chi connectivity index (χ1) is 21.4. The SMILES string of the molecule is CCC(C)COC(=O)c1ccc(-c2ccc(OCCCCCC(=O)Oc3ccc(C=Nc4ccc(Cl)cc4)cc3)cc2)cc1. The van der Waals surface area contributed by atoms with Gasteiger partial charge < -0.3 is 14.2 Å². The third kappa shape index (κ3) is 10.7. The normalized spacial score (nSPS) is 11.7. The van der Waals surface area contributed by atoms with Gasteiger partial charge in [-0.15, -0.1) is 0 Å². The molecule has 0 bridgehead atoms. The molecule has 0 amide bonds. The summed E-state index contributed by atoms with van der Waals surface area (Å²) in [5.74, 6) is 1.12. The van der Waals surface area contributed by atoms with Gasteiger partial charge in [0.15, 0.2) is 0 Å². The van der Waals surface area contributed by atoms with Gasteiger partial charge in [0.05, 0.1) is 24.5 Å². The topological polar surface area (TPSA) is 74.2 Å². The predicted octanol–water partition coefficient (Wildman–Crippen LogP) is 9.51. The number of benzene rings is 4. The van der Waals surface area contributed by atoms with E-state index < -0.39 is 0 Å². The van der Waals surface area contributed by atoms with Gasteiger partial charge in [-0.25, -0.2) is 4.79 Å². The van der Waals surface area contributed by atoms with Crippen LogP contribution in [-0.4, -0.2) is 31.4 Å². The lowest BCUT2D eigenvalue weighted by Gasteiger charge is -2.10. The second kappa shape index (κ2) is 17.0. The van der Waals surface area contributed by atoms with Crippen molar-refractivity contribution in [2.45, 2.75) is 46.0 Å². The standard InChI is InChI=1S/C37H38ClNO5/c1-3-27(2)26-43-37(41)31-12-10-29(11-13-31)30-14-22-34(23-15-30)42-24-6-4-5-7-36(40)44-35-20-8-28(9-21-35)25-39-33-18-16-32(38)17-19-33/h8-23,25,27H,3-7,24,26H2,1-2H3. The van der Waals surface area contributed by atoms with Gasteiger partial charge in [0.25, 0.3) is 0 Å². The van der Waals surface area contributed by atoms with Crippen molar-refractivity contribution in [3.05, 3.63) is 113 Å². The fourth-order valence-electron chi connectivity index (χ4n) is 4.18. The van der Waals surface area contributed by atoms with Crippen molar-refractivity contribution >= 4 is 35.4 Å². The summed E-state index contributed by atoms with van der Waals surface area (Å²) in [5.41, 5.74) is 4.32. The molecule has 0 heterocycles. The van der Waals surface area contributed by atoms with Crippen molar-refractivity contribution < 1.29 is 23.8 Å². The van der Waals surface area contributed by atoms with E-state index in [1.54, 1.807) is 42.6 Å². The van der Waals surface area contributed by atoms with E-state index in [0.717, 1.165) is 53.8 Å². The Hall–Kier alpha value is -4.42. The lowest BCUT2D eigenvalue weighted by molar-refractivity contribution is -0.134. The Bertz CT molecular complexity index is 1500. The average molecular weight is 612 g/mol. The van der Waals surface area contributed by atoms with Crippen LogP contribution in [0, 0.1) is 5.92 Å². The zero-order valence-corrected chi connectivity index (χ0v) is 26.0. The summed E-state index contributed by atoms with van der Waals surface area (Å²) in [4.78, 5) is 28.9. The molecule has 6 nitrogen and oxygen atoms in total. The molecule has 4 aromatic carbocycles. The molecule has 0 fully saturated rings. The highest BCUT2D eigenvalue weighted by molar-refractivity contribution is 6.30. The quantitative estimate of drug-likeness (QED) is 0.0579. The van der Waals surface area contributed by atoms with Crippen LogP contribution in [-0.2, 0) is 9.53 Å². The highest BCUT2D eigenvalue weighted by Gasteiger charge is 2.10. The number of unbranched alkanes of at least 4 members (excludes halogenated alkanes) is 2. The number of ether oxygens (including phenoxy) is 3. The number of esters is 2. The molecule has 4 aromatic rings. The minimum Gasteiger partial charge on any atom is -0.494 e. The van der Waals surface area contributed by atoms with Crippen LogP contribution >= 0.6 is 11.6 Å². The Morgan fingerprint density at radius 3 is 2.09 bits per heavy atom. The molecule has 0 saturated heterocycles. The van der Waals surface area contributed by atoms with Gasteiger partial charge >= 0.3 is 11.9 Å². The van der Waals surface area contributed by atoms with Crippen molar-refractivity contribution in [3.8, 4) is 22.6 Å². The van der Waals surface area contributed by atoms with Crippen molar-refractivity contribution in [1.29, 1.82) is 0 Å². The van der Waals surface area contributed by atoms with Crippen LogP contribution in [0.5, 0.6) is 11.5 Å². The first kappa shape index (κ1) is 32.5. The van der Waals surface area contributed by atoms with E-state index in [1.807, 2.05) is 60.7 Å². The molecule has 0 saturated carbocycles. The van der Waals surface area contributed by atoms with Crippen molar-refractivity contribution in [2.75, 3.05) is 13.2 Å². The molecule has 228 valence electrons. The number of rotatable bonds is 15. The van der Waals surface area contributed by atoms with E-state index in [0.29, 0.717) is 41.9 Å². The van der Waals surface area contributed by atoms with E-state index >= 15 is 0 Å². The van der Waals surface area contributed by atoms with Crippen LogP contribution in [0.2, 0.25) is 5.02 Å². The monoisotopic (exact) mass is 611 g/mol. The molecule has 1 atom stereocenters. The molecule has 44 heavy (non-hydrogen) atoms. The molecule has 7 heteroatoms. The number of hydrogen-bond acceptors (Lipinski definition) is 6. The van der Waals surface area contributed by atoms with Gasteiger partial charge in [-0.2, -0.15) is 0 Å². The van der Waals surface area contributed by atoms with E-state index in [1.165, 1.54) is 0 Å². The first-order valence-electron chi connectivity index (χ1n) is 15.0. The Labute approximate surface area is 264 Å². The number of halogens is 1. The molecule has 0 spiro atoms. The number of hydrogen-bond donors (Lipinski definition) is 0. The van der Waals surface area contributed by atoms with Crippen LogP contribution in [0.25, 0.3) is 11.1 Å². The van der Waals surface area contributed by atoms with Crippen LogP contribution < -0.4 is 9.47 Å². The van der Waals surface area contributed by atoms with E-state index in [4.69, 9.17) is 25.8 Å². The second-order valence-electron chi connectivity index (χ2n) is 10.7. The number of carbonyl (C=O) groups is 2. The van der Waals surface area contributed by atoms with Gasteiger partial charge in [-0.3, -0.25) is 9.79 Å². The fourth-order valence-corrected chi connectivity index (χ4v) is 4.31. The summed E-state index contributed by atoms with van der Waals surface area (Å²) < 4.78 is 16.7. The van der Waals surface area contributed by atoms with Gasteiger partial charge in [0.1, 0.15) is 11.5 Å². The third-order valence-electron chi connectivity index (χ3n) is 7.10. The first-order valence-corrected chi connectivity index (χ1v) is 15.4. The minimum atomic E-state index is -0.291. The maximum Gasteiger partial charge on any atom is 0.338 e. The van der Waals surface area contributed by atoms with Gasteiger partial charge in [0, 0.05) is 17.7 Å². The van der Waals surface area contributed by atoms with Gasteiger partial charge in [-0.05, 0) is 115 Å². The molecular weight excluding hydrogens is 574 g/mol. The summed E-state index contributed by atoms with van der Waals surface area (Å²) in [6, 6.07) is 29.8. The Kier molecular flexibility index (Phi) is 12.6. The van der Waals surface area contributed by atoms with Crippen LogP contribution in [0.15, 0.2) is 102 Å². The zero-order chi connectivity index (χ0) is 31.1. The molecule has 0 aliphatic heterocycles. The molecule has 1 unspecified atom stereocenters. The van der Waals surface area contributed by atoms with Gasteiger partial charge in [0.2, 0.25) is 0 Å². The van der Waals surface area contributed by atoms with Gasteiger partial charge in [-0.1, -0.05) is 56.1 Å². The largest absolute Gasteiger partial charge is 0.494 e. The maximum atomic E-state index is 12.2. The second-order valence-corrected chi connectivity index (χ2v) is 11.1.